The maximum Gasteiger partial charge on any atom is 0.293 e. The molecular formula is C10H11BrN3O+. The third kappa shape index (κ3) is 2.18. The van der Waals surface area contributed by atoms with Gasteiger partial charge in [-0.15, -0.1) is 0 Å². The summed E-state index contributed by atoms with van der Waals surface area (Å²) in [5.41, 5.74) is 6.61. The summed E-state index contributed by atoms with van der Waals surface area (Å²) in [6.07, 6.45) is 1.67. The number of aromatic nitrogens is 2. The van der Waals surface area contributed by atoms with Crippen LogP contribution in [0.25, 0.3) is 0 Å². The summed E-state index contributed by atoms with van der Waals surface area (Å²) in [5.74, 6) is 0.318. The Kier molecular flexibility index (Phi) is 2.73. The van der Waals surface area contributed by atoms with Gasteiger partial charge < -0.3 is 5.73 Å². The van der Waals surface area contributed by atoms with Crippen LogP contribution < -0.4 is 10.4 Å². The van der Waals surface area contributed by atoms with Crippen LogP contribution in [0.5, 0.6) is 0 Å². The zero-order chi connectivity index (χ0) is 10.8. The Morgan fingerprint density at radius 3 is 2.60 bits per heavy atom. The van der Waals surface area contributed by atoms with E-state index in [1.54, 1.807) is 10.9 Å². The molecule has 0 amide bonds. The van der Waals surface area contributed by atoms with Gasteiger partial charge in [-0.2, -0.15) is 0 Å². The number of nitrogens with two attached hydrogens (primary N) is 1. The molecule has 2 aromatic rings. The van der Waals surface area contributed by atoms with Crippen LogP contribution in [0.4, 0.5) is 5.88 Å². The average Bonchev–Trinajstić information content (AvgIpc) is 2.65. The molecule has 0 aliphatic carbocycles. The number of nitrogen functional groups attached to an aromatic ring is 1. The maximum atomic E-state index is 5.46. The van der Waals surface area contributed by atoms with E-state index < -0.39 is 0 Å². The van der Waals surface area contributed by atoms with Crippen LogP contribution in [-0.2, 0) is 0 Å². The van der Waals surface area contributed by atoms with Crippen LogP contribution in [0.3, 0.4) is 0 Å². The lowest BCUT2D eigenvalue weighted by Crippen LogP contribution is -2.39. The minimum atomic E-state index is 0.110. The Morgan fingerprint density at radius 2 is 2.07 bits per heavy atom. The van der Waals surface area contributed by atoms with Gasteiger partial charge in [0.2, 0.25) is 11.3 Å². The molecule has 1 atom stereocenters. The second-order valence-electron chi connectivity index (χ2n) is 3.31. The summed E-state index contributed by atoms with van der Waals surface area (Å²) in [7, 11) is 0. The molecule has 5 heteroatoms. The largest absolute Gasteiger partial charge is 0.362 e. The van der Waals surface area contributed by atoms with Gasteiger partial charge in [-0.3, -0.25) is 4.52 Å². The van der Waals surface area contributed by atoms with Crippen molar-refractivity contribution >= 4 is 21.8 Å². The first-order valence-electron chi connectivity index (χ1n) is 4.56. The van der Waals surface area contributed by atoms with Crippen molar-refractivity contribution in [3.8, 4) is 0 Å². The summed E-state index contributed by atoms with van der Waals surface area (Å²) >= 11 is 3.39. The van der Waals surface area contributed by atoms with E-state index in [2.05, 4.69) is 21.2 Å². The van der Waals surface area contributed by atoms with E-state index in [-0.39, 0.29) is 6.04 Å². The second kappa shape index (κ2) is 4.02. The topological polar surface area (TPSA) is 55.9 Å². The molecule has 2 rings (SSSR count). The molecule has 78 valence electrons. The number of hydrogen-bond donors (Lipinski definition) is 1. The molecule has 1 heterocycles. The van der Waals surface area contributed by atoms with Gasteiger partial charge in [-0.1, -0.05) is 28.1 Å². The van der Waals surface area contributed by atoms with E-state index in [4.69, 9.17) is 10.3 Å². The molecule has 0 spiro atoms. The summed E-state index contributed by atoms with van der Waals surface area (Å²) in [5, 5.41) is 3.82. The number of benzene rings is 1. The fraction of sp³-hybridized carbons (Fsp3) is 0.200. The third-order valence-electron chi connectivity index (χ3n) is 2.25. The van der Waals surface area contributed by atoms with Crippen LogP contribution in [0, 0.1) is 0 Å². The van der Waals surface area contributed by atoms with Crippen molar-refractivity contribution < 1.29 is 9.20 Å². The second-order valence-corrected chi connectivity index (χ2v) is 4.23. The van der Waals surface area contributed by atoms with Gasteiger partial charge in [0.15, 0.2) is 0 Å². The predicted molar refractivity (Wildman–Crippen MR) is 59.1 cm³/mol. The van der Waals surface area contributed by atoms with Crippen molar-refractivity contribution in [3.63, 3.8) is 0 Å². The van der Waals surface area contributed by atoms with Crippen LogP contribution in [0.1, 0.15) is 18.5 Å². The number of rotatable bonds is 2. The average molecular weight is 269 g/mol. The van der Waals surface area contributed by atoms with E-state index in [9.17, 15) is 0 Å². The molecule has 0 saturated heterocycles. The van der Waals surface area contributed by atoms with Crippen molar-refractivity contribution in [2.45, 2.75) is 13.0 Å². The molecule has 1 aromatic heterocycles. The van der Waals surface area contributed by atoms with Crippen molar-refractivity contribution in [2.24, 2.45) is 0 Å². The van der Waals surface area contributed by atoms with Gasteiger partial charge in [0, 0.05) is 17.0 Å². The highest BCUT2D eigenvalue weighted by molar-refractivity contribution is 9.10. The molecule has 0 aliphatic rings. The lowest BCUT2D eigenvalue weighted by atomic mass is 10.1. The highest BCUT2D eigenvalue weighted by Crippen LogP contribution is 2.16. The molecule has 0 bridgehead atoms. The minimum Gasteiger partial charge on any atom is -0.362 e. The Hall–Kier alpha value is -1.36. The van der Waals surface area contributed by atoms with Crippen molar-refractivity contribution in [2.75, 3.05) is 5.73 Å². The summed E-state index contributed by atoms with van der Waals surface area (Å²) in [6.45, 7) is 2.03. The van der Waals surface area contributed by atoms with Crippen molar-refractivity contribution in [1.29, 1.82) is 0 Å². The number of hydrogen-bond acceptors (Lipinski definition) is 3. The van der Waals surface area contributed by atoms with Crippen LogP contribution in [0.2, 0.25) is 0 Å². The van der Waals surface area contributed by atoms with E-state index in [0.29, 0.717) is 5.88 Å². The molecule has 1 aromatic carbocycles. The van der Waals surface area contributed by atoms with E-state index >= 15 is 0 Å². The monoisotopic (exact) mass is 268 g/mol. The normalized spacial score (nSPS) is 12.7. The molecule has 0 aliphatic heterocycles. The quantitative estimate of drug-likeness (QED) is 0.847. The molecule has 4 nitrogen and oxygen atoms in total. The standard InChI is InChI=1S/C10H11BrN3O/c1-7(14-6-10(12)15-13-14)8-2-4-9(11)5-3-8/h2-7H,12H2,1H3/q+1. The van der Waals surface area contributed by atoms with Crippen LogP contribution in [0.15, 0.2) is 39.5 Å². The minimum absolute atomic E-state index is 0.110. The zero-order valence-electron chi connectivity index (χ0n) is 8.22. The smallest absolute Gasteiger partial charge is 0.293 e. The van der Waals surface area contributed by atoms with Crippen LogP contribution in [-0.4, -0.2) is 5.27 Å². The van der Waals surface area contributed by atoms with Gasteiger partial charge in [-0.25, -0.2) is 0 Å². The first-order valence-corrected chi connectivity index (χ1v) is 5.35. The maximum absolute atomic E-state index is 5.46. The Bertz CT molecular complexity index is 452. The first-order chi connectivity index (χ1) is 7.16. The SMILES string of the molecule is CC(c1ccc(Br)cc1)[n+]1cc(N)on1. The van der Waals surface area contributed by atoms with Gasteiger partial charge in [0.1, 0.15) is 0 Å². The number of halogens is 1. The van der Waals surface area contributed by atoms with Crippen molar-refractivity contribution in [1.82, 2.24) is 5.27 Å². The Balaban J connectivity index is 2.28. The molecular weight excluding hydrogens is 258 g/mol. The lowest BCUT2D eigenvalue weighted by Gasteiger charge is -2.01. The number of nitrogens with zero attached hydrogens (tertiary/aromatic N) is 2. The molecule has 15 heavy (non-hydrogen) atoms. The van der Waals surface area contributed by atoms with Gasteiger partial charge in [0.05, 0.1) is 0 Å². The highest BCUT2D eigenvalue weighted by atomic mass is 79.9. The van der Waals surface area contributed by atoms with E-state index in [1.165, 1.54) is 0 Å². The molecule has 0 fully saturated rings. The predicted octanol–water partition coefficient (Wildman–Crippen LogP) is 1.92. The van der Waals surface area contributed by atoms with Gasteiger partial charge >= 0.3 is 0 Å². The highest BCUT2D eigenvalue weighted by Gasteiger charge is 2.19. The summed E-state index contributed by atoms with van der Waals surface area (Å²) < 4.78 is 7.56. The van der Waals surface area contributed by atoms with Crippen molar-refractivity contribution in [3.05, 3.63) is 40.5 Å². The number of anilines is 1. The molecule has 0 saturated carbocycles. The fourth-order valence-electron chi connectivity index (χ4n) is 1.35. The summed E-state index contributed by atoms with van der Waals surface area (Å²) in [6, 6.07) is 8.17. The van der Waals surface area contributed by atoms with Gasteiger partial charge in [-0.05, 0) is 16.8 Å². The van der Waals surface area contributed by atoms with Gasteiger partial charge in [0.25, 0.3) is 12.1 Å². The Morgan fingerprint density at radius 1 is 1.40 bits per heavy atom. The third-order valence-corrected chi connectivity index (χ3v) is 2.78. The molecule has 2 N–H and O–H groups in total. The summed E-state index contributed by atoms with van der Waals surface area (Å²) in [4.78, 5) is 0. The van der Waals surface area contributed by atoms with Crippen LogP contribution >= 0.6 is 15.9 Å². The van der Waals surface area contributed by atoms with E-state index in [0.717, 1.165) is 10.0 Å². The lowest BCUT2D eigenvalue weighted by molar-refractivity contribution is -0.774. The molecule has 1 unspecified atom stereocenters. The molecule has 0 radical (unpaired) electrons. The van der Waals surface area contributed by atoms with E-state index in [1.807, 2.05) is 31.2 Å². The fourth-order valence-corrected chi connectivity index (χ4v) is 1.61. The Labute approximate surface area is 95.8 Å². The zero-order valence-corrected chi connectivity index (χ0v) is 9.81. The first kappa shape index (κ1) is 10.2.